The van der Waals surface area contributed by atoms with Crippen LogP contribution in [0.4, 0.5) is 4.39 Å². The van der Waals surface area contributed by atoms with Crippen molar-refractivity contribution in [1.82, 2.24) is 4.90 Å². The number of hydrogen-bond acceptors (Lipinski definition) is 3. The predicted octanol–water partition coefficient (Wildman–Crippen LogP) is 2.45. The minimum absolute atomic E-state index is 0.0760. The van der Waals surface area contributed by atoms with Gasteiger partial charge in [-0.25, -0.2) is 4.39 Å². The number of aliphatic hydroxyl groups excluding tert-OH is 1. The summed E-state index contributed by atoms with van der Waals surface area (Å²) in [4.78, 5) is 2.12. The molecule has 106 valence electrons. The first kappa shape index (κ1) is 14.7. The Morgan fingerprint density at radius 1 is 1.37 bits per heavy atom. The van der Waals surface area contributed by atoms with Gasteiger partial charge in [0, 0.05) is 42.9 Å². The second-order valence-electron chi connectivity index (χ2n) is 4.77. The van der Waals surface area contributed by atoms with Gasteiger partial charge in [0.15, 0.2) is 0 Å². The minimum atomic E-state index is -0.289. The summed E-state index contributed by atoms with van der Waals surface area (Å²) in [5.41, 5.74) is 0.615. The Kier molecular flexibility index (Phi) is 5.58. The quantitative estimate of drug-likeness (QED) is 0.903. The summed E-state index contributed by atoms with van der Waals surface area (Å²) in [6.07, 6.45) is 1.85. The number of ether oxygens (including phenoxy) is 1. The number of nitrogens with zero attached hydrogens (tertiary/aromatic N) is 1. The van der Waals surface area contributed by atoms with Crippen molar-refractivity contribution in [2.75, 3.05) is 26.4 Å². The Labute approximate surface area is 117 Å². The Bertz CT molecular complexity index is 410. The maximum Gasteiger partial charge on any atom is 0.129 e. The summed E-state index contributed by atoms with van der Waals surface area (Å²) in [5, 5.41) is 9.57. The van der Waals surface area contributed by atoms with Crippen molar-refractivity contribution >= 4 is 11.6 Å². The molecular formula is C14H19ClFNO2. The monoisotopic (exact) mass is 287 g/mol. The molecule has 1 aromatic rings. The lowest BCUT2D eigenvalue weighted by Gasteiger charge is -2.34. The van der Waals surface area contributed by atoms with Crippen molar-refractivity contribution in [1.29, 1.82) is 0 Å². The van der Waals surface area contributed by atoms with Crippen LogP contribution >= 0.6 is 11.6 Å². The van der Waals surface area contributed by atoms with Crippen LogP contribution in [0.1, 0.15) is 18.4 Å². The highest BCUT2D eigenvalue weighted by Crippen LogP contribution is 2.20. The molecule has 1 heterocycles. The van der Waals surface area contributed by atoms with Crippen LogP contribution in [0.2, 0.25) is 5.02 Å². The first-order valence-electron chi connectivity index (χ1n) is 6.57. The molecule has 5 heteroatoms. The van der Waals surface area contributed by atoms with Crippen molar-refractivity contribution in [2.24, 2.45) is 0 Å². The molecule has 0 bridgehead atoms. The molecule has 3 nitrogen and oxygen atoms in total. The summed E-state index contributed by atoms with van der Waals surface area (Å²) in [6.45, 7) is 2.58. The lowest BCUT2D eigenvalue weighted by Crippen LogP contribution is -2.40. The molecule has 1 aliphatic heterocycles. The zero-order valence-electron chi connectivity index (χ0n) is 10.8. The molecule has 0 aliphatic carbocycles. The van der Waals surface area contributed by atoms with Gasteiger partial charge < -0.3 is 9.84 Å². The van der Waals surface area contributed by atoms with Crippen LogP contribution in [-0.2, 0) is 11.3 Å². The van der Waals surface area contributed by atoms with E-state index in [0.717, 1.165) is 26.1 Å². The Morgan fingerprint density at radius 3 is 2.74 bits per heavy atom. The smallest absolute Gasteiger partial charge is 0.129 e. The van der Waals surface area contributed by atoms with Gasteiger partial charge in [0.1, 0.15) is 5.82 Å². The maximum atomic E-state index is 13.8. The normalized spacial score (nSPS) is 17.1. The summed E-state index contributed by atoms with van der Waals surface area (Å²) in [7, 11) is 0. The molecule has 1 aliphatic rings. The Morgan fingerprint density at radius 2 is 2.11 bits per heavy atom. The zero-order chi connectivity index (χ0) is 13.7. The van der Waals surface area contributed by atoms with E-state index in [1.165, 1.54) is 6.07 Å². The molecule has 0 aromatic heterocycles. The fourth-order valence-corrected chi connectivity index (χ4v) is 2.60. The minimum Gasteiger partial charge on any atom is -0.395 e. The van der Waals surface area contributed by atoms with E-state index in [1.807, 2.05) is 0 Å². The number of benzene rings is 1. The summed E-state index contributed by atoms with van der Waals surface area (Å²) in [5.74, 6) is -0.289. The van der Waals surface area contributed by atoms with E-state index in [1.54, 1.807) is 12.1 Å². The fraction of sp³-hybridized carbons (Fsp3) is 0.571. The molecule has 1 saturated heterocycles. The lowest BCUT2D eigenvalue weighted by molar-refractivity contribution is 0.0245. The van der Waals surface area contributed by atoms with Gasteiger partial charge in [-0.05, 0) is 25.0 Å². The Balaban J connectivity index is 2.06. The molecule has 0 unspecified atom stereocenters. The third kappa shape index (κ3) is 4.14. The summed E-state index contributed by atoms with van der Waals surface area (Å²) >= 11 is 5.75. The van der Waals surface area contributed by atoms with Crippen LogP contribution in [0.3, 0.4) is 0 Å². The molecule has 1 fully saturated rings. The SMILES string of the molecule is OCCN(Cc1ccc(Cl)cc1F)C1CCOCC1. The van der Waals surface area contributed by atoms with Gasteiger partial charge in [-0.1, -0.05) is 17.7 Å². The van der Waals surface area contributed by atoms with E-state index in [2.05, 4.69) is 4.90 Å². The highest BCUT2D eigenvalue weighted by molar-refractivity contribution is 6.30. The average Bonchev–Trinajstić information content (AvgIpc) is 2.42. The van der Waals surface area contributed by atoms with Crippen LogP contribution in [0, 0.1) is 5.82 Å². The standard InChI is InChI=1S/C14H19ClFNO2/c15-12-2-1-11(14(16)9-12)10-17(5-6-18)13-3-7-19-8-4-13/h1-2,9,13,18H,3-8,10H2. The van der Waals surface area contributed by atoms with E-state index < -0.39 is 0 Å². The molecule has 2 rings (SSSR count). The molecule has 0 saturated carbocycles. The molecule has 1 aromatic carbocycles. The van der Waals surface area contributed by atoms with E-state index in [-0.39, 0.29) is 12.4 Å². The topological polar surface area (TPSA) is 32.7 Å². The zero-order valence-corrected chi connectivity index (χ0v) is 11.6. The number of aliphatic hydroxyl groups is 1. The first-order chi connectivity index (χ1) is 9.20. The summed E-state index contributed by atoms with van der Waals surface area (Å²) in [6, 6.07) is 5.08. The van der Waals surface area contributed by atoms with Gasteiger partial charge in [0.2, 0.25) is 0 Å². The highest BCUT2D eigenvalue weighted by Gasteiger charge is 2.22. The summed E-state index contributed by atoms with van der Waals surface area (Å²) < 4.78 is 19.2. The van der Waals surface area contributed by atoms with Gasteiger partial charge in [-0.2, -0.15) is 0 Å². The van der Waals surface area contributed by atoms with Crippen molar-refractivity contribution in [3.8, 4) is 0 Å². The third-order valence-electron chi connectivity index (χ3n) is 3.48. The maximum absolute atomic E-state index is 13.8. The molecule has 1 N–H and O–H groups in total. The molecule has 0 radical (unpaired) electrons. The van der Waals surface area contributed by atoms with Crippen LogP contribution in [0.15, 0.2) is 18.2 Å². The van der Waals surface area contributed by atoms with Crippen molar-refractivity contribution in [2.45, 2.75) is 25.4 Å². The van der Waals surface area contributed by atoms with E-state index in [0.29, 0.717) is 29.7 Å². The number of halogens is 2. The van der Waals surface area contributed by atoms with Crippen LogP contribution < -0.4 is 0 Å². The second kappa shape index (κ2) is 7.20. The van der Waals surface area contributed by atoms with Crippen LogP contribution in [0.5, 0.6) is 0 Å². The predicted molar refractivity (Wildman–Crippen MR) is 72.7 cm³/mol. The molecule has 19 heavy (non-hydrogen) atoms. The molecule has 0 spiro atoms. The lowest BCUT2D eigenvalue weighted by atomic mass is 10.1. The molecule has 0 atom stereocenters. The van der Waals surface area contributed by atoms with Crippen molar-refractivity contribution in [3.05, 3.63) is 34.6 Å². The molecular weight excluding hydrogens is 269 g/mol. The van der Waals surface area contributed by atoms with Gasteiger partial charge in [-0.3, -0.25) is 4.90 Å². The van der Waals surface area contributed by atoms with Gasteiger partial charge >= 0.3 is 0 Å². The van der Waals surface area contributed by atoms with Crippen molar-refractivity contribution < 1.29 is 14.2 Å². The Hall–Kier alpha value is -0.680. The van der Waals surface area contributed by atoms with E-state index in [4.69, 9.17) is 16.3 Å². The average molecular weight is 288 g/mol. The van der Waals surface area contributed by atoms with Gasteiger partial charge in [0.05, 0.1) is 6.61 Å². The third-order valence-corrected chi connectivity index (χ3v) is 3.72. The van der Waals surface area contributed by atoms with Gasteiger partial charge in [-0.15, -0.1) is 0 Å². The number of rotatable bonds is 5. The first-order valence-corrected chi connectivity index (χ1v) is 6.95. The second-order valence-corrected chi connectivity index (χ2v) is 5.21. The van der Waals surface area contributed by atoms with E-state index in [9.17, 15) is 9.50 Å². The fourth-order valence-electron chi connectivity index (χ4n) is 2.44. The largest absolute Gasteiger partial charge is 0.395 e. The number of hydrogen-bond donors (Lipinski definition) is 1. The van der Waals surface area contributed by atoms with Gasteiger partial charge in [0.25, 0.3) is 0 Å². The van der Waals surface area contributed by atoms with Crippen LogP contribution in [-0.4, -0.2) is 42.4 Å². The van der Waals surface area contributed by atoms with Crippen molar-refractivity contribution in [3.63, 3.8) is 0 Å². The van der Waals surface area contributed by atoms with E-state index >= 15 is 0 Å². The van der Waals surface area contributed by atoms with Crippen LogP contribution in [0.25, 0.3) is 0 Å². The highest BCUT2D eigenvalue weighted by atomic mass is 35.5. The molecule has 0 amide bonds.